The molecular weight excluding hydrogens is 182 g/mol. The molecule has 1 heteroatoms. The molecule has 1 nitrogen and oxygen atoms in total. The van der Waals surface area contributed by atoms with Gasteiger partial charge in [0.2, 0.25) is 0 Å². The lowest BCUT2D eigenvalue weighted by atomic mass is 9.86. The molecule has 1 aromatic carbocycles. The molecule has 0 aliphatic rings. The molecule has 0 bridgehead atoms. The van der Waals surface area contributed by atoms with Gasteiger partial charge in [0.25, 0.3) is 0 Å². The fourth-order valence-corrected chi connectivity index (χ4v) is 1.21. The van der Waals surface area contributed by atoms with Gasteiger partial charge in [0.15, 0.2) is 0 Å². The maximum Gasteiger partial charge on any atom is 0.0669 e. The summed E-state index contributed by atoms with van der Waals surface area (Å²) < 4.78 is 0. The Morgan fingerprint density at radius 1 is 1.07 bits per heavy atom. The average molecular weight is 203 g/mol. The Bertz CT molecular complexity index is 309. The Morgan fingerprint density at radius 3 is 1.87 bits per heavy atom. The highest BCUT2D eigenvalue weighted by Gasteiger charge is 2.12. The molecule has 0 aromatic heterocycles. The van der Waals surface area contributed by atoms with Crippen LogP contribution < -0.4 is 0 Å². The van der Waals surface area contributed by atoms with E-state index in [0.717, 1.165) is 5.56 Å². The van der Waals surface area contributed by atoms with Gasteiger partial charge in [-0.2, -0.15) is 5.26 Å². The van der Waals surface area contributed by atoms with Gasteiger partial charge in [-0.3, -0.25) is 0 Å². The summed E-state index contributed by atoms with van der Waals surface area (Å²) in [7, 11) is 0. The van der Waals surface area contributed by atoms with Crippen molar-refractivity contribution in [2.24, 2.45) is 0 Å². The van der Waals surface area contributed by atoms with E-state index in [1.807, 2.05) is 26.0 Å². The Hall–Kier alpha value is -1.29. The molecule has 0 spiro atoms. The molecular formula is C14H21N. The van der Waals surface area contributed by atoms with E-state index in [0.29, 0.717) is 6.42 Å². The van der Waals surface area contributed by atoms with Crippen LogP contribution in [0.15, 0.2) is 24.3 Å². The summed E-state index contributed by atoms with van der Waals surface area (Å²) >= 11 is 0. The molecule has 0 fully saturated rings. The van der Waals surface area contributed by atoms with E-state index in [-0.39, 0.29) is 5.41 Å². The number of nitriles is 1. The van der Waals surface area contributed by atoms with Crippen LogP contribution in [-0.2, 0) is 11.8 Å². The van der Waals surface area contributed by atoms with Crippen LogP contribution in [0.1, 0.15) is 45.7 Å². The molecule has 0 radical (unpaired) electrons. The van der Waals surface area contributed by atoms with Crippen molar-refractivity contribution in [2.75, 3.05) is 0 Å². The summed E-state index contributed by atoms with van der Waals surface area (Å²) in [6, 6.07) is 10.4. The summed E-state index contributed by atoms with van der Waals surface area (Å²) in [6.45, 7) is 10.6. The van der Waals surface area contributed by atoms with E-state index in [4.69, 9.17) is 5.26 Å². The molecule has 1 rings (SSSR count). The summed E-state index contributed by atoms with van der Waals surface area (Å²) in [5.74, 6) is 0. The molecule has 0 unspecified atom stereocenters. The van der Waals surface area contributed by atoms with E-state index in [1.165, 1.54) is 5.56 Å². The van der Waals surface area contributed by atoms with Gasteiger partial charge in [-0.15, -0.1) is 0 Å². The molecule has 0 N–H and O–H groups in total. The van der Waals surface area contributed by atoms with Gasteiger partial charge in [-0.1, -0.05) is 58.9 Å². The average Bonchev–Trinajstić information content (AvgIpc) is 2.21. The van der Waals surface area contributed by atoms with Crippen molar-refractivity contribution in [3.63, 3.8) is 0 Å². The highest BCUT2D eigenvalue weighted by molar-refractivity contribution is 5.28. The third-order valence-electron chi connectivity index (χ3n) is 2.10. The van der Waals surface area contributed by atoms with Gasteiger partial charge < -0.3 is 0 Å². The Kier molecular flexibility index (Phi) is 5.70. The molecule has 0 aliphatic carbocycles. The predicted molar refractivity (Wildman–Crippen MR) is 65.8 cm³/mol. The van der Waals surface area contributed by atoms with Crippen molar-refractivity contribution in [3.05, 3.63) is 35.4 Å². The highest BCUT2D eigenvalue weighted by atomic mass is 14.2. The largest absolute Gasteiger partial charge is 0.198 e. The zero-order valence-corrected chi connectivity index (χ0v) is 10.5. The van der Waals surface area contributed by atoms with Crippen LogP contribution in [0, 0.1) is 11.3 Å². The second-order valence-corrected chi connectivity index (χ2v) is 4.28. The molecule has 0 heterocycles. The van der Waals surface area contributed by atoms with Gasteiger partial charge in [-0.25, -0.2) is 0 Å². The van der Waals surface area contributed by atoms with Crippen LogP contribution in [0.2, 0.25) is 0 Å². The van der Waals surface area contributed by atoms with Gasteiger partial charge in [0, 0.05) is 0 Å². The lowest BCUT2D eigenvalue weighted by Gasteiger charge is -2.18. The van der Waals surface area contributed by atoms with Crippen molar-refractivity contribution >= 4 is 0 Å². The summed E-state index contributed by atoms with van der Waals surface area (Å²) in [6.07, 6.45) is 0.504. The van der Waals surface area contributed by atoms with Gasteiger partial charge in [0.05, 0.1) is 12.5 Å². The number of benzene rings is 1. The van der Waals surface area contributed by atoms with E-state index >= 15 is 0 Å². The third kappa shape index (κ3) is 4.65. The van der Waals surface area contributed by atoms with Crippen LogP contribution in [0.5, 0.6) is 0 Å². The van der Waals surface area contributed by atoms with Crippen LogP contribution in [0.3, 0.4) is 0 Å². The molecule has 0 aliphatic heterocycles. The molecule has 0 amide bonds. The maximum atomic E-state index is 8.50. The zero-order valence-electron chi connectivity index (χ0n) is 10.5. The van der Waals surface area contributed by atoms with Crippen molar-refractivity contribution in [1.82, 2.24) is 0 Å². The van der Waals surface area contributed by atoms with Crippen LogP contribution >= 0.6 is 0 Å². The molecule has 0 saturated carbocycles. The first kappa shape index (κ1) is 13.7. The van der Waals surface area contributed by atoms with Gasteiger partial charge in [-0.05, 0) is 16.5 Å². The Morgan fingerprint density at radius 2 is 1.53 bits per heavy atom. The minimum atomic E-state index is 0.200. The minimum Gasteiger partial charge on any atom is -0.198 e. The first-order valence-electron chi connectivity index (χ1n) is 5.50. The Balaban J connectivity index is 0.000000921. The summed E-state index contributed by atoms with van der Waals surface area (Å²) in [5.41, 5.74) is 2.61. The molecule has 0 atom stereocenters. The number of nitrogens with zero attached hydrogens (tertiary/aromatic N) is 1. The van der Waals surface area contributed by atoms with Crippen molar-refractivity contribution in [1.29, 1.82) is 5.26 Å². The smallest absolute Gasteiger partial charge is 0.0669 e. The molecule has 0 saturated heterocycles. The number of hydrogen-bond donors (Lipinski definition) is 0. The second-order valence-electron chi connectivity index (χ2n) is 4.28. The first-order chi connectivity index (χ1) is 7.04. The van der Waals surface area contributed by atoms with Crippen LogP contribution in [0.25, 0.3) is 0 Å². The molecule has 82 valence electrons. The first-order valence-corrected chi connectivity index (χ1v) is 5.50. The maximum absolute atomic E-state index is 8.50. The lowest BCUT2D eigenvalue weighted by molar-refractivity contribution is 0.590. The van der Waals surface area contributed by atoms with Crippen molar-refractivity contribution < 1.29 is 0 Å². The number of hydrogen-bond acceptors (Lipinski definition) is 1. The normalized spacial score (nSPS) is 9.87. The van der Waals surface area contributed by atoms with E-state index in [9.17, 15) is 0 Å². The molecule has 1 aromatic rings. The van der Waals surface area contributed by atoms with E-state index < -0.39 is 0 Å². The molecule has 15 heavy (non-hydrogen) atoms. The quantitative estimate of drug-likeness (QED) is 0.674. The predicted octanol–water partition coefficient (Wildman–Crippen LogP) is 4.08. The minimum absolute atomic E-state index is 0.200. The summed E-state index contributed by atoms with van der Waals surface area (Å²) in [5, 5.41) is 8.50. The van der Waals surface area contributed by atoms with Crippen LogP contribution in [0.4, 0.5) is 0 Å². The lowest BCUT2D eigenvalue weighted by Crippen LogP contribution is -2.10. The fraction of sp³-hybridized carbons (Fsp3) is 0.500. The van der Waals surface area contributed by atoms with Crippen molar-refractivity contribution in [3.8, 4) is 6.07 Å². The monoisotopic (exact) mass is 203 g/mol. The fourth-order valence-electron chi connectivity index (χ4n) is 1.21. The zero-order chi connectivity index (χ0) is 11.9. The second kappa shape index (κ2) is 6.24. The highest BCUT2D eigenvalue weighted by Crippen LogP contribution is 2.22. The Labute approximate surface area is 93.7 Å². The van der Waals surface area contributed by atoms with Gasteiger partial charge >= 0.3 is 0 Å². The van der Waals surface area contributed by atoms with Crippen LogP contribution in [-0.4, -0.2) is 0 Å². The van der Waals surface area contributed by atoms with Gasteiger partial charge in [0.1, 0.15) is 0 Å². The summed E-state index contributed by atoms with van der Waals surface area (Å²) in [4.78, 5) is 0. The third-order valence-corrected chi connectivity index (χ3v) is 2.10. The topological polar surface area (TPSA) is 23.8 Å². The SMILES string of the molecule is CC.CC(C)(C)c1ccc(CC#N)cc1. The number of rotatable bonds is 1. The van der Waals surface area contributed by atoms with E-state index in [2.05, 4.69) is 39.0 Å². The van der Waals surface area contributed by atoms with Crippen molar-refractivity contribution in [2.45, 2.75) is 46.5 Å². The standard InChI is InChI=1S/C12H15N.C2H6/c1-12(2,3)11-6-4-10(5-7-11)8-9-13;1-2/h4-7H,8H2,1-3H3;1-2H3. The van der Waals surface area contributed by atoms with E-state index in [1.54, 1.807) is 0 Å².